The van der Waals surface area contributed by atoms with Crippen LogP contribution in [-0.2, 0) is 0 Å². The van der Waals surface area contributed by atoms with Crippen LogP contribution in [0.5, 0.6) is 5.75 Å². The first-order valence-electron chi connectivity index (χ1n) is 7.01. The summed E-state index contributed by atoms with van der Waals surface area (Å²) in [5, 5.41) is 4.73. The lowest BCUT2D eigenvalue weighted by molar-refractivity contribution is 0.103. The highest BCUT2D eigenvalue weighted by molar-refractivity contribution is 7.21. The van der Waals surface area contributed by atoms with Crippen molar-refractivity contribution in [1.82, 2.24) is 0 Å². The predicted octanol–water partition coefficient (Wildman–Crippen LogP) is 5.86. The molecule has 3 aromatic rings. The second-order valence-electron chi connectivity index (χ2n) is 4.77. The molecule has 0 fully saturated rings. The molecular weight excluding hydrogens is 353 g/mol. The van der Waals surface area contributed by atoms with E-state index in [1.54, 1.807) is 18.2 Å². The number of amides is 1. The van der Waals surface area contributed by atoms with E-state index in [0.29, 0.717) is 33.0 Å². The minimum Gasteiger partial charge on any atom is -0.492 e. The summed E-state index contributed by atoms with van der Waals surface area (Å²) < 4.78 is 6.40. The molecular formula is C17H13Cl2NO2S. The van der Waals surface area contributed by atoms with Crippen molar-refractivity contribution in [2.24, 2.45) is 0 Å². The fourth-order valence-corrected chi connectivity index (χ4v) is 3.90. The maximum Gasteiger partial charge on any atom is 0.267 e. The Kier molecular flexibility index (Phi) is 4.76. The first-order chi connectivity index (χ1) is 11.1. The van der Waals surface area contributed by atoms with Crippen LogP contribution in [-0.4, -0.2) is 12.5 Å². The zero-order chi connectivity index (χ0) is 16.4. The summed E-state index contributed by atoms with van der Waals surface area (Å²) in [7, 11) is 0. The van der Waals surface area contributed by atoms with Crippen molar-refractivity contribution in [3.05, 3.63) is 57.4 Å². The van der Waals surface area contributed by atoms with E-state index in [0.717, 1.165) is 10.1 Å². The summed E-state index contributed by atoms with van der Waals surface area (Å²) in [6.45, 7) is 2.42. The van der Waals surface area contributed by atoms with Gasteiger partial charge in [0.05, 0.1) is 17.3 Å². The number of ether oxygens (including phenoxy) is 1. The summed E-state index contributed by atoms with van der Waals surface area (Å²) in [5.41, 5.74) is 0.617. The highest BCUT2D eigenvalue weighted by Gasteiger charge is 2.18. The average Bonchev–Trinajstić information content (AvgIpc) is 2.86. The zero-order valence-electron chi connectivity index (χ0n) is 12.2. The maximum absolute atomic E-state index is 12.6. The standard InChI is InChI=1S/C17H13Cl2NO2S/c1-2-22-13-6-4-3-5-12(13)20-17(21)16-15(19)11-8-7-10(18)9-14(11)23-16/h3-9H,2H2,1H3,(H,20,21). The number of benzene rings is 2. The monoisotopic (exact) mass is 365 g/mol. The van der Waals surface area contributed by atoms with Gasteiger partial charge >= 0.3 is 0 Å². The summed E-state index contributed by atoms with van der Waals surface area (Å²) in [6.07, 6.45) is 0. The summed E-state index contributed by atoms with van der Waals surface area (Å²) in [6, 6.07) is 12.7. The number of rotatable bonds is 4. The van der Waals surface area contributed by atoms with Crippen molar-refractivity contribution >= 4 is 56.2 Å². The smallest absolute Gasteiger partial charge is 0.267 e. The van der Waals surface area contributed by atoms with Crippen LogP contribution in [0.1, 0.15) is 16.6 Å². The van der Waals surface area contributed by atoms with Crippen LogP contribution >= 0.6 is 34.5 Å². The van der Waals surface area contributed by atoms with Crippen molar-refractivity contribution < 1.29 is 9.53 Å². The van der Waals surface area contributed by atoms with Crippen LogP contribution in [0.25, 0.3) is 10.1 Å². The highest BCUT2D eigenvalue weighted by Crippen LogP contribution is 2.37. The predicted molar refractivity (Wildman–Crippen MR) is 97.4 cm³/mol. The van der Waals surface area contributed by atoms with Gasteiger partial charge in [0.1, 0.15) is 10.6 Å². The normalized spacial score (nSPS) is 10.7. The van der Waals surface area contributed by atoms with Gasteiger partial charge < -0.3 is 10.1 Å². The van der Waals surface area contributed by atoms with E-state index in [4.69, 9.17) is 27.9 Å². The van der Waals surface area contributed by atoms with Gasteiger partial charge in [-0.3, -0.25) is 4.79 Å². The first-order valence-corrected chi connectivity index (χ1v) is 8.58. The van der Waals surface area contributed by atoms with Gasteiger partial charge in [-0.2, -0.15) is 0 Å². The second kappa shape index (κ2) is 6.79. The molecule has 1 heterocycles. The summed E-state index contributed by atoms with van der Waals surface area (Å²) in [5.74, 6) is 0.364. The molecule has 0 saturated carbocycles. The molecule has 0 atom stereocenters. The number of carbonyl (C=O) groups excluding carboxylic acids is 1. The molecule has 2 aromatic carbocycles. The van der Waals surface area contributed by atoms with E-state index in [1.807, 2.05) is 31.2 Å². The molecule has 3 rings (SSSR count). The van der Waals surface area contributed by atoms with Gasteiger partial charge in [0.15, 0.2) is 0 Å². The average molecular weight is 366 g/mol. The molecule has 0 unspecified atom stereocenters. The number of anilines is 1. The van der Waals surface area contributed by atoms with Crippen molar-refractivity contribution in [3.8, 4) is 5.75 Å². The number of carbonyl (C=O) groups is 1. The SMILES string of the molecule is CCOc1ccccc1NC(=O)c1sc2cc(Cl)ccc2c1Cl. The number of thiophene rings is 1. The Bertz CT molecular complexity index is 876. The van der Waals surface area contributed by atoms with Crippen molar-refractivity contribution in [1.29, 1.82) is 0 Å². The number of hydrogen-bond acceptors (Lipinski definition) is 3. The topological polar surface area (TPSA) is 38.3 Å². The lowest BCUT2D eigenvalue weighted by atomic mass is 10.2. The van der Waals surface area contributed by atoms with Gasteiger partial charge in [-0.05, 0) is 31.2 Å². The number of fused-ring (bicyclic) bond motifs is 1. The molecule has 0 aliphatic carbocycles. The molecule has 23 heavy (non-hydrogen) atoms. The molecule has 6 heteroatoms. The third-order valence-electron chi connectivity index (χ3n) is 3.23. The molecule has 0 aliphatic rings. The number of nitrogens with one attached hydrogen (secondary N) is 1. The summed E-state index contributed by atoms with van der Waals surface area (Å²) in [4.78, 5) is 13.0. The molecule has 0 spiro atoms. The van der Waals surface area contributed by atoms with E-state index in [9.17, 15) is 4.79 Å². The molecule has 118 valence electrons. The van der Waals surface area contributed by atoms with Crippen LogP contribution in [0.4, 0.5) is 5.69 Å². The van der Waals surface area contributed by atoms with Gasteiger partial charge in [-0.25, -0.2) is 0 Å². The fraction of sp³-hybridized carbons (Fsp3) is 0.118. The Balaban J connectivity index is 1.94. The van der Waals surface area contributed by atoms with Crippen LogP contribution in [0.15, 0.2) is 42.5 Å². The molecule has 1 N–H and O–H groups in total. The van der Waals surface area contributed by atoms with Crippen molar-refractivity contribution in [3.63, 3.8) is 0 Å². The minimum atomic E-state index is -0.264. The minimum absolute atomic E-state index is 0.264. The lowest BCUT2D eigenvalue weighted by Crippen LogP contribution is -2.11. The molecule has 0 radical (unpaired) electrons. The quantitative estimate of drug-likeness (QED) is 0.628. The van der Waals surface area contributed by atoms with E-state index in [2.05, 4.69) is 5.32 Å². The molecule has 0 bridgehead atoms. The molecule has 1 aromatic heterocycles. The Morgan fingerprint density at radius 1 is 1.22 bits per heavy atom. The third kappa shape index (κ3) is 3.29. The van der Waals surface area contributed by atoms with E-state index >= 15 is 0 Å². The van der Waals surface area contributed by atoms with Gasteiger partial charge in [0.25, 0.3) is 5.91 Å². The van der Waals surface area contributed by atoms with Gasteiger partial charge in [0.2, 0.25) is 0 Å². The fourth-order valence-electron chi connectivity index (χ4n) is 2.22. The maximum atomic E-state index is 12.6. The van der Waals surface area contributed by atoms with Crippen LogP contribution < -0.4 is 10.1 Å². The van der Waals surface area contributed by atoms with Crippen LogP contribution in [0, 0.1) is 0 Å². The van der Waals surface area contributed by atoms with Gasteiger partial charge in [-0.1, -0.05) is 41.4 Å². The zero-order valence-corrected chi connectivity index (χ0v) is 14.6. The number of hydrogen-bond donors (Lipinski definition) is 1. The third-order valence-corrected chi connectivity index (χ3v) is 5.12. The summed E-state index contributed by atoms with van der Waals surface area (Å²) >= 11 is 13.7. The lowest BCUT2D eigenvalue weighted by Gasteiger charge is -2.10. The van der Waals surface area contributed by atoms with E-state index < -0.39 is 0 Å². The highest BCUT2D eigenvalue weighted by atomic mass is 35.5. The van der Waals surface area contributed by atoms with Gasteiger partial charge in [-0.15, -0.1) is 11.3 Å². The van der Waals surface area contributed by atoms with Crippen LogP contribution in [0.2, 0.25) is 10.0 Å². The molecule has 3 nitrogen and oxygen atoms in total. The largest absolute Gasteiger partial charge is 0.492 e. The van der Waals surface area contributed by atoms with Crippen molar-refractivity contribution in [2.45, 2.75) is 6.92 Å². The molecule has 1 amide bonds. The molecule has 0 saturated heterocycles. The van der Waals surface area contributed by atoms with E-state index in [1.165, 1.54) is 11.3 Å². The second-order valence-corrected chi connectivity index (χ2v) is 6.64. The van der Waals surface area contributed by atoms with Gasteiger partial charge in [0, 0.05) is 15.1 Å². The Morgan fingerprint density at radius 2 is 2.00 bits per heavy atom. The Labute approximate surface area is 147 Å². The number of halogens is 2. The first kappa shape index (κ1) is 16.1. The van der Waals surface area contributed by atoms with E-state index in [-0.39, 0.29) is 5.91 Å². The Hall–Kier alpha value is -1.75. The Morgan fingerprint density at radius 3 is 2.78 bits per heavy atom. The molecule has 0 aliphatic heterocycles. The number of para-hydroxylation sites is 2. The van der Waals surface area contributed by atoms with Crippen molar-refractivity contribution in [2.75, 3.05) is 11.9 Å². The van der Waals surface area contributed by atoms with Crippen LogP contribution in [0.3, 0.4) is 0 Å².